The molecule has 1 aliphatic heterocycles. The fraction of sp³-hybridized carbons (Fsp3) is 0.133. The van der Waals surface area contributed by atoms with Crippen molar-refractivity contribution in [2.24, 2.45) is 0 Å². The van der Waals surface area contributed by atoms with Gasteiger partial charge in [-0.3, -0.25) is 0 Å². The highest BCUT2D eigenvalue weighted by Gasteiger charge is 2.35. The Morgan fingerprint density at radius 3 is 2.38 bits per heavy atom. The molecule has 3 aromatic carbocycles. The van der Waals surface area contributed by atoms with E-state index in [0.29, 0.717) is 13.1 Å². The lowest BCUT2D eigenvalue weighted by Gasteiger charge is -2.31. The predicted octanol–water partition coefficient (Wildman–Crippen LogP) is 5.93. The monoisotopic (exact) mass is 491 g/mol. The maximum absolute atomic E-state index is 13.8. The van der Waals surface area contributed by atoms with Crippen LogP contribution in [0, 0.1) is 12.7 Å². The first-order chi connectivity index (χ1) is 18.1. The maximum Gasteiger partial charge on any atom is 0.318 e. The number of rotatable bonds is 4. The van der Waals surface area contributed by atoms with Gasteiger partial charge in [-0.1, -0.05) is 60.7 Å². The fourth-order valence-electron chi connectivity index (χ4n) is 5.02. The van der Waals surface area contributed by atoms with E-state index in [1.165, 1.54) is 12.1 Å². The van der Waals surface area contributed by atoms with Crippen molar-refractivity contribution in [3.8, 4) is 11.5 Å². The molecule has 184 valence electrons. The summed E-state index contributed by atoms with van der Waals surface area (Å²) in [4.78, 5) is 15.7. The van der Waals surface area contributed by atoms with Gasteiger partial charge in [-0.15, -0.1) is 0 Å². The van der Waals surface area contributed by atoms with E-state index in [2.05, 4.69) is 28.1 Å². The molecule has 1 aliphatic rings. The number of aromatic nitrogens is 3. The number of aryl methyl sites for hydroxylation is 1. The largest absolute Gasteiger partial charge is 0.334 e. The number of carbonyl (C=O) groups is 1. The van der Waals surface area contributed by atoms with Crippen molar-refractivity contribution in [1.82, 2.24) is 24.6 Å². The van der Waals surface area contributed by atoms with Crippen LogP contribution < -0.4 is 5.32 Å². The molecule has 0 unspecified atom stereocenters. The second kappa shape index (κ2) is 9.43. The molecule has 0 bridgehead atoms. The highest BCUT2D eigenvalue weighted by molar-refractivity contribution is 5.76. The number of nitrogens with one attached hydrogen (secondary N) is 1. The van der Waals surface area contributed by atoms with Gasteiger partial charge in [-0.05, 0) is 54.4 Å². The lowest BCUT2D eigenvalue weighted by atomic mass is 10.0. The van der Waals surface area contributed by atoms with Crippen LogP contribution >= 0.6 is 0 Å². The SMILES string of the molecule is Cc1nn(-c2ccccc2)c2c1CN(C(=O)NCc1ccc(F)cc1)[C@H](c1ccccc1)c1cccn1-2. The summed E-state index contributed by atoms with van der Waals surface area (Å²) >= 11 is 0. The minimum atomic E-state index is -0.319. The molecule has 37 heavy (non-hydrogen) atoms. The third kappa shape index (κ3) is 4.18. The fourth-order valence-corrected chi connectivity index (χ4v) is 5.02. The Bertz CT molecular complexity index is 1540. The van der Waals surface area contributed by atoms with Crippen molar-refractivity contribution in [1.29, 1.82) is 0 Å². The van der Waals surface area contributed by atoms with E-state index in [4.69, 9.17) is 5.10 Å². The van der Waals surface area contributed by atoms with Crippen LogP contribution in [0.25, 0.3) is 11.5 Å². The van der Waals surface area contributed by atoms with E-state index in [9.17, 15) is 9.18 Å². The molecule has 6 nitrogen and oxygen atoms in total. The summed E-state index contributed by atoms with van der Waals surface area (Å²) in [6.45, 7) is 2.66. The molecule has 0 saturated carbocycles. The van der Waals surface area contributed by atoms with Crippen LogP contribution in [0.4, 0.5) is 9.18 Å². The van der Waals surface area contributed by atoms with E-state index in [0.717, 1.165) is 39.6 Å². The van der Waals surface area contributed by atoms with Crippen molar-refractivity contribution in [2.45, 2.75) is 26.1 Å². The standard InChI is InChI=1S/C30H26FN5O/c1-21-26-20-35(30(37)32-19-22-14-16-24(31)17-15-22)28(23-9-4-2-5-10-23)27-13-8-18-34(27)29(26)36(33-21)25-11-6-3-7-12-25/h2-18,28H,19-20H2,1H3,(H,32,37)/t28-/m1/s1. The summed E-state index contributed by atoms with van der Waals surface area (Å²) in [7, 11) is 0. The Morgan fingerprint density at radius 1 is 0.946 bits per heavy atom. The minimum Gasteiger partial charge on any atom is -0.334 e. The second-order valence-corrected chi connectivity index (χ2v) is 9.16. The summed E-state index contributed by atoms with van der Waals surface area (Å²) in [6.07, 6.45) is 2.03. The van der Waals surface area contributed by atoms with E-state index in [1.807, 2.05) is 77.3 Å². The predicted molar refractivity (Wildman–Crippen MR) is 140 cm³/mol. The topological polar surface area (TPSA) is 55.1 Å². The molecule has 0 saturated heterocycles. The lowest BCUT2D eigenvalue weighted by Crippen LogP contribution is -2.41. The van der Waals surface area contributed by atoms with Crippen LogP contribution in [-0.4, -0.2) is 25.3 Å². The van der Waals surface area contributed by atoms with Crippen LogP contribution in [0.3, 0.4) is 0 Å². The van der Waals surface area contributed by atoms with Crippen LogP contribution in [0.5, 0.6) is 0 Å². The van der Waals surface area contributed by atoms with Gasteiger partial charge in [0.05, 0.1) is 29.7 Å². The van der Waals surface area contributed by atoms with Gasteiger partial charge >= 0.3 is 6.03 Å². The van der Waals surface area contributed by atoms with E-state index >= 15 is 0 Å². The number of benzene rings is 3. The van der Waals surface area contributed by atoms with Crippen molar-refractivity contribution in [3.05, 3.63) is 137 Å². The maximum atomic E-state index is 13.8. The van der Waals surface area contributed by atoms with E-state index in [-0.39, 0.29) is 17.9 Å². The first kappa shape index (κ1) is 22.8. The number of amides is 2. The van der Waals surface area contributed by atoms with Gasteiger partial charge in [-0.25, -0.2) is 13.9 Å². The second-order valence-electron chi connectivity index (χ2n) is 9.16. The molecule has 1 N–H and O–H groups in total. The Balaban J connectivity index is 1.46. The number of fused-ring (bicyclic) bond motifs is 3. The minimum absolute atomic E-state index is 0.203. The Labute approximate surface area is 214 Å². The zero-order chi connectivity index (χ0) is 25.4. The number of para-hydroxylation sites is 1. The zero-order valence-corrected chi connectivity index (χ0v) is 20.4. The third-order valence-corrected chi connectivity index (χ3v) is 6.82. The van der Waals surface area contributed by atoms with Crippen LogP contribution in [-0.2, 0) is 13.1 Å². The average Bonchev–Trinajstić information content (AvgIpc) is 3.49. The molecule has 0 aliphatic carbocycles. The lowest BCUT2D eigenvalue weighted by molar-refractivity contribution is 0.180. The number of urea groups is 1. The summed E-state index contributed by atoms with van der Waals surface area (Å²) < 4.78 is 17.5. The first-order valence-corrected chi connectivity index (χ1v) is 12.3. The smallest absolute Gasteiger partial charge is 0.318 e. The van der Waals surface area contributed by atoms with E-state index < -0.39 is 0 Å². The first-order valence-electron chi connectivity index (χ1n) is 12.3. The van der Waals surface area contributed by atoms with Gasteiger partial charge in [-0.2, -0.15) is 5.10 Å². The van der Waals surface area contributed by atoms with Gasteiger partial charge in [0, 0.05) is 18.3 Å². The molecule has 3 heterocycles. The highest BCUT2D eigenvalue weighted by atomic mass is 19.1. The summed E-state index contributed by atoms with van der Waals surface area (Å²) in [5.74, 6) is 0.629. The van der Waals surface area contributed by atoms with E-state index in [1.54, 1.807) is 12.1 Å². The number of nitrogens with zero attached hydrogens (tertiary/aromatic N) is 4. The van der Waals surface area contributed by atoms with Gasteiger partial charge in [0.1, 0.15) is 11.6 Å². The molecule has 7 heteroatoms. The molecular weight excluding hydrogens is 465 g/mol. The molecular formula is C30H26FN5O. The van der Waals surface area contributed by atoms with Crippen LogP contribution in [0.2, 0.25) is 0 Å². The molecule has 6 rings (SSSR count). The van der Waals surface area contributed by atoms with Gasteiger partial charge in [0.2, 0.25) is 0 Å². The highest BCUT2D eigenvalue weighted by Crippen LogP contribution is 2.38. The number of carbonyl (C=O) groups excluding carboxylic acids is 1. The Morgan fingerprint density at radius 2 is 1.65 bits per heavy atom. The summed E-state index contributed by atoms with van der Waals surface area (Å²) in [6, 6.07) is 29.8. The molecule has 1 atom stereocenters. The average molecular weight is 492 g/mol. The molecule has 2 amide bonds. The van der Waals surface area contributed by atoms with Crippen LogP contribution in [0.1, 0.15) is 34.1 Å². The number of hydrogen-bond donors (Lipinski definition) is 1. The van der Waals surface area contributed by atoms with Crippen molar-refractivity contribution in [2.75, 3.05) is 0 Å². The van der Waals surface area contributed by atoms with Crippen molar-refractivity contribution in [3.63, 3.8) is 0 Å². The molecule has 0 spiro atoms. The van der Waals surface area contributed by atoms with Gasteiger partial charge in [0.25, 0.3) is 0 Å². The number of halogens is 1. The molecule has 0 fully saturated rings. The normalized spacial score (nSPS) is 14.5. The molecule has 5 aromatic rings. The van der Waals surface area contributed by atoms with Crippen molar-refractivity contribution >= 4 is 6.03 Å². The third-order valence-electron chi connectivity index (χ3n) is 6.82. The van der Waals surface area contributed by atoms with Crippen molar-refractivity contribution < 1.29 is 9.18 Å². The summed E-state index contributed by atoms with van der Waals surface area (Å²) in [5, 5.41) is 7.93. The zero-order valence-electron chi connectivity index (χ0n) is 20.4. The Hall–Kier alpha value is -4.65. The molecule has 0 radical (unpaired) electrons. The number of hydrogen-bond acceptors (Lipinski definition) is 2. The summed E-state index contributed by atoms with van der Waals surface area (Å²) in [5.41, 5.74) is 5.62. The van der Waals surface area contributed by atoms with Gasteiger partial charge < -0.3 is 14.8 Å². The van der Waals surface area contributed by atoms with Crippen LogP contribution in [0.15, 0.2) is 103 Å². The Kier molecular flexibility index (Phi) is 5.81. The quantitative estimate of drug-likeness (QED) is 0.339. The molecule has 2 aromatic heterocycles. The van der Waals surface area contributed by atoms with Gasteiger partial charge in [0.15, 0.2) is 0 Å².